The number of piperidine rings is 1. The van der Waals surface area contributed by atoms with Gasteiger partial charge in [-0.25, -0.2) is 0 Å². The summed E-state index contributed by atoms with van der Waals surface area (Å²) in [6, 6.07) is 1.90. The molecule has 1 saturated heterocycles. The van der Waals surface area contributed by atoms with Crippen LogP contribution in [0.15, 0.2) is 12.4 Å². The first-order valence-corrected chi connectivity index (χ1v) is 6.37. The zero-order valence-corrected chi connectivity index (χ0v) is 11.0. The molecular weight excluding hydrogens is 252 g/mol. The average molecular weight is 267 g/mol. The normalized spacial score (nSPS) is 18.4. The first-order chi connectivity index (χ1) is 8.61. The second-order valence-electron chi connectivity index (χ2n) is 4.54. The Hall–Kier alpha value is -1.54. The maximum absolute atomic E-state index is 12.2. The summed E-state index contributed by atoms with van der Waals surface area (Å²) in [6.07, 6.45) is 4.68. The molecule has 18 heavy (non-hydrogen) atoms. The number of nitrogens with zero attached hydrogens (tertiary/aromatic N) is 4. The lowest BCUT2D eigenvalue weighted by molar-refractivity contribution is -0.135. The Morgan fingerprint density at radius 2 is 2.28 bits per heavy atom. The maximum atomic E-state index is 12.2. The van der Waals surface area contributed by atoms with Crippen LogP contribution >= 0.6 is 11.6 Å². The van der Waals surface area contributed by atoms with Crippen LogP contribution in [0.2, 0.25) is 5.02 Å². The highest BCUT2D eigenvalue weighted by Crippen LogP contribution is 2.20. The third kappa shape index (κ3) is 2.65. The molecule has 2 rings (SSSR count). The van der Waals surface area contributed by atoms with E-state index >= 15 is 0 Å². The van der Waals surface area contributed by atoms with Crippen LogP contribution in [0.25, 0.3) is 0 Å². The number of carbonyl (C=O) groups excluding carboxylic acids is 1. The lowest BCUT2D eigenvalue weighted by atomic mass is 9.98. The highest BCUT2D eigenvalue weighted by Gasteiger charge is 2.26. The number of rotatable bonds is 2. The molecule has 1 atom stereocenters. The summed E-state index contributed by atoms with van der Waals surface area (Å²) < 4.78 is 1.57. The number of amides is 1. The van der Waals surface area contributed by atoms with Gasteiger partial charge in [0.15, 0.2) is 0 Å². The van der Waals surface area contributed by atoms with E-state index in [1.807, 2.05) is 6.92 Å². The van der Waals surface area contributed by atoms with Crippen LogP contribution in [0, 0.1) is 17.2 Å². The molecule has 2 heterocycles. The summed E-state index contributed by atoms with van der Waals surface area (Å²) in [4.78, 5) is 14.0. The van der Waals surface area contributed by atoms with Gasteiger partial charge < -0.3 is 4.90 Å². The van der Waals surface area contributed by atoms with Gasteiger partial charge in [-0.2, -0.15) is 10.4 Å². The van der Waals surface area contributed by atoms with Crippen molar-refractivity contribution >= 4 is 17.5 Å². The first kappa shape index (κ1) is 12.9. The average Bonchev–Trinajstić information content (AvgIpc) is 2.84. The Morgan fingerprint density at radius 1 is 1.61 bits per heavy atom. The Kier molecular flexibility index (Phi) is 3.87. The van der Waals surface area contributed by atoms with E-state index in [0.29, 0.717) is 18.1 Å². The first-order valence-electron chi connectivity index (χ1n) is 6.00. The van der Waals surface area contributed by atoms with Crippen molar-refractivity contribution in [2.24, 2.45) is 5.92 Å². The summed E-state index contributed by atoms with van der Waals surface area (Å²) >= 11 is 5.79. The van der Waals surface area contributed by atoms with Crippen molar-refractivity contribution in [2.75, 3.05) is 13.1 Å². The van der Waals surface area contributed by atoms with Crippen LogP contribution in [0.5, 0.6) is 0 Å². The predicted octanol–water partition coefficient (Wildman–Crippen LogP) is 1.86. The molecule has 0 N–H and O–H groups in total. The summed E-state index contributed by atoms with van der Waals surface area (Å²) in [5.74, 6) is 0.120. The minimum atomic E-state index is -0.351. The van der Waals surface area contributed by atoms with Gasteiger partial charge in [-0.3, -0.25) is 9.48 Å². The van der Waals surface area contributed by atoms with Crippen LogP contribution in [-0.2, 0) is 4.79 Å². The van der Waals surface area contributed by atoms with Crippen LogP contribution < -0.4 is 0 Å². The molecule has 1 aliphatic rings. The topological polar surface area (TPSA) is 61.9 Å². The molecule has 0 bridgehead atoms. The summed E-state index contributed by atoms with van der Waals surface area (Å²) in [5.41, 5.74) is 0. The Labute approximate surface area is 111 Å². The van der Waals surface area contributed by atoms with Crippen molar-refractivity contribution in [1.29, 1.82) is 5.26 Å². The number of hydrogen-bond acceptors (Lipinski definition) is 3. The minimum absolute atomic E-state index is 0.0335. The van der Waals surface area contributed by atoms with E-state index < -0.39 is 0 Å². The van der Waals surface area contributed by atoms with Crippen molar-refractivity contribution in [1.82, 2.24) is 14.7 Å². The van der Waals surface area contributed by atoms with E-state index in [2.05, 4.69) is 11.2 Å². The second-order valence-corrected chi connectivity index (χ2v) is 4.98. The highest BCUT2D eigenvalue weighted by molar-refractivity contribution is 6.30. The number of aromatic nitrogens is 2. The van der Waals surface area contributed by atoms with Gasteiger partial charge >= 0.3 is 0 Å². The van der Waals surface area contributed by atoms with Crippen LogP contribution in [0.1, 0.15) is 25.8 Å². The van der Waals surface area contributed by atoms with Gasteiger partial charge in [-0.05, 0) is 19.8 Å². The number of halogens is 1. The third-order valence-electron chi connectivity index (χ3n) is 3.31. The molecule has 1 amide bonds. The van der Waals surface area contributed by atoms with Crippen LogP contribution in [0.4, 0.5) is 0 Å². The lowest BCUT2D eigenvalue weighted by Gasteiger charge is -2.31. The number of nitriles is 1. The monoisotopic (exact) mass is 266 g/mol. The molecular formula is C12H15ClN4O. The number of carbonyl (C=O) groups is 1. The molecule has 0 unspecified atom stereocenters. The highest BCUT2D eigenvalue weighted by atomic mass is 35.5. The third-order valence-corrected chi connectivity index (χ3v) is 3.51. The maximum Gasteiger partial charge on any atom is 0.247 e. The molecule has 1 fully saturated rings. The van der Waals surface area contributed by atoms with Gasteiger partial charge in [0.05, 0.1) is 17.3 Å². The van der Waals surface area contributed by atoms with E-state index in [9.17, 15) is 4.79 Å². The van der Waals surface area contributed by atoms with Crippen LogP contribution in [0.3, 0.4) is 0 Å². The largest absolute Gasteiger partial charge is 0.341 e. The lowest BCUT2D eigenvalue weighted by Crippen LogP contribution is -2.41. The summed E-state index contributed by atoms with van der Waals surface area (Å²) in [7, 11) is 0. The van der Waals surface area contributed by atoms with E-state index in [0.717, 1.165) is 12.8 Å². The molecule has 1 aromatic rings. The zero-order valence-electron chi connectivity index (χ0n) is 10.2. The molecule has 1 aromatic heterocycles. The standard InChI is InChI=1S/C12H15ClN4O/c1-9(17-8-11(13)7-15-17)12(18)16-4-2-10(6-14)3-5-16/h7-10H,2-5H2,1H3/t9-/m0/s1. The van der Waals surface area contributed by atoms with Crippen molar-refractivity contribution < 1.29 is 4.79 Å². The van der Waals surface area contributed by atoms with E-state index in [1.165, 1.54) is 6.20 Å². The Bertz CT molecular complexity index is 471. The molecule has 5 nitrogen and oxygen atoms in total. The molecule has 0 radical (unpaired) electrons. The van der Waals surface area contributed by atoms with E-state index in [-0.39, 0.29) is 17.9 Å². The molecule has 6 heteroatoms. The second kappa shape index (κ2) is 5.40. The van der Waals surface area contributed by atoms with Gasteiger partial charge in [-0.15, -0.1) is 0 Å². The molecule has 0 aliphatic carbocycles. The molecule has 0 aromatic carbocycles. The van der Waals surface area contributed by atoms with E-state index in [1.54, 1.807) is 15.8 Å². The zero-order chi connectivity index (χ0) is 13.1. The van der Waals surface area contributed by atoms with Gasteiger partial charge in [0.2, 0.25) is 5.91 Å². The number of likely N-dealkylation sites (tertiary alicyclic amines) is 1. The van der Waals surface area contributed by atoms with Crippen molar-refractivity contribution in [3.05, 3.63) is 17.4 Å². The fourth-order valence-corrected chi connectivity index (χ4v) is 2.28. The van der Waals surface area contributed by atoms with Gasteiger partial charge in [0, 0.05) is 25.2 Å². The molecule has 0 spiro atoms. The SMILES string of the molecule is C[C@@H](C(=O)N1CCC(C#N)CC1)n1cc(Cl)cn1. The minimum Gasteiger partial charge on any atom is -0.341 e. The van der Waals surface area contributed by atoms with Crippen molar-refractivity contribution in [3.8, 4) is 6.07 Å². The smallest absolute Gasteiger partial charge is 0.247 e. The molecule has 96 valence electrons. The van der Waals surface area contributed by atoms with Gasteiger partial charge in [0.1, 0.15) is 6.04 Å². The fourth-order valence-electron chi connectivity index (χ4n) is 2.13. The number of hydrogen-bond donors (Lipinski definition) is 0. The van der Waals surface area contributed by atoms with Gasteiger partial charge in [0.25, 0.3) is 0 Å². The quantitative estimate of drug-likeness (QED) is 0.821. The van der Waals surface area contributed by atoms with Crippen molar-refractivity contribution in [2.45, 2.75) is 25.8 Å². The predicted molar refractivity (Wildman–Crippen MR) is 66.9 cm³/mol. The Balaban J connectivity index is 1.98. The Morgan fingerprint density at radius 3 is 2.78 bits per heavy atom. The van der Waals surface area contributed by atoms with E-state index in [4.69, 9.17) is 16.9 Å². The molecule has 1 aliphatic heterocycles. The fraction of sp³-hybridized carbons (Fsp3) is 0.583. The summed E-state index contributed by atoms with van der Waals surface area (Å²) in [5, 5.41) is 13.4. The molecule has 0 saturated carbocycles. The van der Waals surface area contributed by atoms with Gasteiger partial charge in [-0.1, -0.05) is 11.6 Å². The van der Waals surface area contributed by atoms with Crippen LogP contribution in [-0.4, -0.2) is 33.7 Å². The summed E-state index contributed by atoms with van der Waals surface area (Å²) in [6.45, 7) is 3.11. The van der Waals surface area contributed by atoms with Crippen molar-refractivity contribution in [3.63, 3.8) is 0 Å².